The fourth-order valence-corrected chi connectivity index (χ4v) is 2.04. The van der Waals surface area contributed by atoms with Gasteiger partial charge in [-0.05, 0) is 40.2 Å². The number of likely N-dealkylation sites (tertiary alicyclic amines) is 1. The molecule has 1 saturated heterocycles. The summed E-state index contributed by atoms with van der Waals surface area (Å²) in [5, 5.41) is 3.08. The lowest BCUT2D eigenvalue weighted by Crippen LogP contribution is -2.47. The first kappa shape index (κ1) is 11.5. The van der Waals surface area contributed by atoms with Crippen molar-refractivity contribution in [2.75, 3.05) is 26.7 Å². The zero-order chi connectivity index (χ0) is 10.6. The van der Waals surface area contributed by atoms with Crippen LogP contribution in [0.4, 0.5) is 0 Å². The average molecular weight is 198 g/mol. The minimum atomic E-state index is -0.258. The highest BCUT2D eigenvalue weighted by Gasteiger charge is 2.31. The first-order chi connectivity index (χ1) is 6.58. The second kappa shape index (κ2) is 4.78. The Morgan fingerprint density at radius 3 is 2.36 bits per heavy atom. The van der Waals surface area contributed by atoms with Gasteiger partial charge in [0.15, 0.2) is 0 Å². The Balaban J connectivity index is 2.53. The van der Waals surface area contributed by atoms with Crippen molar-refractivity contribution in [2.24, 2.45) is 5.41 Å². The highest BCUT2D eigenvalue weighted by atomic mass is 16.2. The van der Waals surface area contributed by atoms with E-state index in [1.54, 1.807) is 0 Å². The van der Waals surface area contributed by atoms with E-state index >= 15 is 0 Å². The third kappa shape index (κ3) is 2.71. The molecular weight excluding hydrogens is 176 g/mol. The van der Waals surface area contributed by atoms with Crippen LogP contribution in [0.5, 0.6) is 0 Å². The van der Waals surface area contributed by atoms with Crippen LogP contribution in [0, 0.1) is 5.41 Å². The van der Waals surface area contributed by atoms with Crippen molar-refractivity contribution in [2.45, 2.75) is 33.1 Å². The zero-order valence-corrected chi connectivity index (χ0v) is 9.60. The van der Waals surface area contributed by atoms with E-state index in [0.29, 0.717) is 5.91 Å². The SMILES string of the molecule is CNCC(C)(C)C(=O)N1CCCCC1. The maximum absolute atomic E-state index is 12.1. The van der Waals surface area contributed by atoms with Crippen molar-refractivity contribution in [3.63, 3.8) is 0 Å². The summed E-state index contributed by atoms with van der Waals surface area (Å²) in [5.74, 6) is 0.298. The molecule has 1 aliphatic heterocycles. The molecule has 0 saturated carbocycles. The lowest BCUT2D eigenvalue weighted by atomic mass is 9.90. The highest BCUT2D eigenvalue weighted by Crippen LogP contribution is 2.20. The van der Waals surface area contributed by atoms with E-state index < -0.39 is 0 Å². The number of hydrogen-bond donors (Lipinski definition) is 1. The van der Waals surface area contributed by atoms with Crippen LogP contribution in [0.2, 0.25) is 0 Å². The van der Waals surface area contributed by atoms with Crippen LogP contribution in [-0.2, 0) is 4.79 Å². The predicted octanol–water partition coefficient (Wildman–Crippen LogP) is 1.24. The molecule has 1 N–H and O–H groups in total. The highest BCUT2D eigenvalue weighted by molar-refractivity contribution is 5.82. The summed E-state index contributed by atoms with van der Waals surface area (Å²) in [5.41, 5.74) is -0.258. The summed E-state index contributed by atoms with van der Waals surface area (Å²) in [6.45, 7) is 6.68. The molecule has 0 spiro atoms. The van der Waals surface area contributed by atoms with Crippen LogP contribution >= 0.6 is 0 Å². The van der Waals surface area contributed by atoms with Crippen molar-refractivity contribution in [1.82, 2.24) is 10.2 Å². The van der Waals surface area contributed by atoms with Gasteiger partial charge in [-0.2, -0.15) is 0 Å². The molecule has 0 radical (unpaired) electrons. The molecule has 0 unspecified atom stereocenters. The van der Waals surface area contributed by atoms with Crippen LogP contribution in [0.25, 0.3) is 0 Å². The molecule has 0 aromatic heterocycles. The van der Waals surface area contributed by atoms with Gasteiger partial charge in [0.05, 0.1) is 5.41 Å². The maximum Gasteiger partial charge on any atom is 0.229 e. The van der Waals surface area contributed by atoms with Gasteiger partial charge in [0.1, 0.15) is 0 Å². The predicted molar refractivity (Wildman–Crippen MR) is 58.1 cm³/mol. The molecule has 1 rings (SSSR count). The van der Waals surface area contributed by atoms with Crippen molar-refractivity contribution in [3.8, 4) is 0 Å². The van der Waals surface area contributed by atoms with Gasteiger partial charge in [0.25, 0.3) is 0 Å². The van der Waals surface area contributed by atoms with Crippen LogP contribution in [-0.4, -0.2) is 37.5 Å². The van der Waals surface area contributed by atoms with Crippen LogP contribution in [0.1, 0.15) is 33.1 Å². The molecule has 0 aromatic rings. The third-order valence-corrected chi connectivity index (χ3v) is 2.84. The van der Waals surface area contributed by atoms with E-state index in [-0.39, 0.29) is 5.41 Å². The lowest BCUT2D eigenvalue weighted by Gasteiger charge is -2.34. The number of nitrogens with zero attached hydrogens (tertiary/aromatic N) is 1. The minimum Gasteiger partial charge on any atom is -0.342 e. The molecule has 1 heterocycles. The van der Waals surface area contributed by atoms with Gasteiger partial charge < -0.3 is 10.2 Å². The Kier molecular flexibility index (Phi) is 3.93. The van der Waals surface area contributed by atoms with Crippen molar-refractivity contribution in [3.05, 3.63) is 0 Å². The van der Waals surface area contributed by atoms with Crippen LogP contribution < -0.4 is 5.32 Å². The number of carbonyl (C=O) groups excluding carboxylic acids is 1. The number of hydrogen-bond acceptors (Lipinski definition) is 2. The fourth-order valence-electron chi connectivity index (χ4n) is 2.04. The zero-order valence-electron chi connectivity index (χ0n) is 9.60. The number of rotatable bonds is 3. The van der Waals surface area contributed by atoms with Gasteiger partial charge in [-0.25, -0.2) is 0 Å². The molecule has 0 atom stereocenters. The van der Waals surface area contributed by atoms with Gasteiger partial charge in [-0.15, -0.1) is 0 Å². The van der Waals surface area contributed by atoms with Gasteiger partial charge in [-0.1, -0.05) is 0 Å². The monoisotopic (exact) mass is 198 g/mol. The number of piperidine rings is 1. The average Bonchev–Trinajstić information content (AvgIpc) is 2.18. The van der Waals surface area contributed by atoms with E-state index in [0.717, 1.165) is 19.6 Å². The van der Waals surface area contributed by atoms with Gasteiger partial charge in [0, 0.05) is 19.6 Å². The molecule has 0 aromatic carbocycles. The molecule has 3 heteroatoms. The van der Waals surface area contributed by atoms with Crippen molar-refractivity contribution < 1.29 is 4.79 Å². The molecule has 0 aliphatic carbocycles. The quantitative estimate of drug-likeness (QED) is 0.740. The Bertz CT molecular complexity index is 195. The fraction of sp³-hybridized carbons (Fsp3) is 0.909. The molecule has 82 valence electrons. The Hall–Kier alpha value is -0.570. The first-order valence-electron chi connectivity index (χ1n) is 5.52. The molecule has 1 aliphatic rings. The van der Waals surface area contributed by atoms with E-state index in [4.69, 9.17) is 0 Å². The minimum absolute atomic E-state index is 0.258. The summed E-state index contributed by atoms with van der Waals surface area (Å²) < 4.78 is 0. The van der Waals surface area contributed by atoms with Crippen LogP contribution in [0.3, 0.4) is 0 Å². The van der Waals surface area contributed by atoms with E-state index in [1.165, 1.54) is 19.3 Å². The van der Waals surface area contributed by atoms with Crippen molar-refractivity contribution in [1.29, 1.82) is 0 Å². The van der Waals surface area contributed by atoms with Crippen LogP contribution in [0.15, 0.2) is 0 Å². The van der Waals surface area contributed by atoms with Gasteiger partial charge >= 0.3 is 0 Å². The van der Waals surface area contributed by atoms with Gasteiger partial charge in [-0.3, -0.25) is 4.79 Å². The second-order valence-corrected chi connectivity index (χ2v) is 4.77. The normalized spacial score (nSPS) is 18.4. The van der Waals surface area contributed by atoms with E-state index in [2.05, 4.69) is 5.32 Å². The molecule has 0 bridgehead atoms. The maximum atomic E-state index is 12.1. The van der Waals surface area contributed by atoms with E-state index in [1.807, 2.05) is 25.8 Å². The Morgan fingerprint density at radius 2 is 1.86 bits per heavy atom. The summed E-state index contributed by atoms with van der Waals surface area (Å²) >= 11 is 0. The second-order valence-electron chi connectivity index (χ2n) is 4.77. The largest absolute Gasteiger partial charge is 0.342 e. The van der Waals surface area contributed by atoms with E-state index in [9.17, 15) is 4.79 Å². The summed E-state index contributed by atoms with van der Waals surface area (Å²) in [7, 11) is 1.89. The molecular formula is C11H22N2O. The molecule has 1 fully saturated rings. The Labute approximate surface area is 86.9 Å². The number of carbonyl (C=O) groups is 1. The van der Waals surface area contributed by atoms with Crippen molar-refractivity contribution >= 4 is 5.91 Å². The topological polar surface area (TPSA) is 32.3 Å². The summed E-state index contributed by atoms with van der Waals surface area (Å²) in [4.78, 5) is 14.1. The smallest absolute Gasteiger partial charge is 0.229 e. The summed E-state index contributed by atoms with van der Waals surface area (Å²) in [6.07, 6.45) is 3.61. The number of nitrogens with one attached hydrogen (secondary N) is 1. The van der Waals surface area contributed by atoms with Gasteiger partial charge in [0.2, 0.25) is 5.91 Å². The lowest BCUT2D eigenvalue weighted by molar-refractivity contribution is -0.141. The standard InChI is InChI=1S/C11H22N2O/c1-11(2,9-12-3)10(14)13-7-5-4-6-8-13/h12H,4-9H2,1-3H3. The number of amides is 1. The molecule has 14 heavy (non-hydrogen) atoms. The Morgan fingerprint density at radius 1 is 1.29 bits per heavy atom. The summed E-state index contributed by atoms with van der Waals surface area (Å²) in [6, 6.07) is 0. The molecule has 3 nitrogen and oxygen atoms in total. The first-order valence-corrected chi connectivity index (χ1v) is 5.52. The third-order valence-electron chi connectivity index (χ3n) is 2.84. The molecule has 1 amide bonds.